The second-order valence-corrected chi connectivity index (χ2v) is 5.48. The molecule has 0 heterocycles. The van der Waals surface area contributed by atoms with Gasteiger partial charge in [0.25, 0.3) is 0 Å². The summed E-state index contributed by atoms with van der Waals surface area (Å²) < 4.78 is 0. The summed E-state index contributed by atoms with van der Waals surface area (Å²) in [4.78, 5) is 11.2. The van der Waals surface area contributed by atoms with Crippen LogP contribution in [0.4, 0.5) is 5.69 Å². The topological polar surface area (TPSA) is 41.1 Å². The van der Waals surface area contributed by atoms with Gasteiger partial charge in [-0.2, -0.15) is 0 Å². The van der Waals surface area contributed by atoms with E-state index in [9.17, 15) is 4.79 Å². The molecule has 2 N–H and O–H groups in total. The minimum atomic E-state index is 0.0782. The molecule has 4 heteroatoms. The number of rotatable bonds is 3. The van der Waals surface area contributed by atoms with E-state index in [4.69, 9.17) is 12.2 Å². The first-order chi connectivity index (χ1) is 9.15. The van der Waals surface area contributed by atoms with Gasteiger partial charge in [-0.05, 0) is 56.2 Å². The average Bonchev–Trinajstić information content (AvgIpc) is 2.40. The molecule has 0 atom stereocenters. The molecule has 0 amide bonds. The highest BCUT2D eigenvalue weighted by Crippen LogP contribution is 2.17. The number of carbonyl (C=O) groups is 1. The summed E-state index contributed by atoms with van der Waals surface area (Å²) in [5.74, 6) is 0.0782. The number of ketones is 1. The Morgan fingerprint density at radius 2 is 1.79 bits per heavy atom. The number of carbonyl (C=O) groups excluding carboxylic acids is 1. The summed E-state index contributed by atoms with van der Waals surface area (Å²) in [5.41, 5.74) is 1.63. The van der Waals surface area contributed by atoms with E-state index in [2.05, 4.69) is 10.6 Å². The number of anilines is 1. The van der Waals surface area contributed by atoms with Gasteiger partial charge in [-0.15, -0.1) is 0 Å². The van der Waals surface area contributed by atoms with Gasteiger partial charge in [0, 0.05) is 17.3 Å². The van der Waals surface area contributed by atoms with E-state index in [0.29, 0.717) is 11.2 Å². The van der Waals surface area contributed by atoms with E-state index in [1.54, 1.807) is 6.92 Å². The lowest BCUT2D eigenvalue weighted by Crippen LogP contribution is -2.38. The SMILES string of the molecule is CC(=O)c1ccc(NC(=S)NC2CCCCC2)cc1. The van der Waals surface area contributed by atoms with Crippen LogP contribution in [0.15, 0.2) is 24.3 Å². The van der Waals surface area contributed by atoms with Crippen molar-refractivity contribution in [2.45, 2.75) is 45.1 Å². The second kappa shape index (κ2) is 6.66. The standard InChI is InChI=1S/C15H20N2OS/c1-11(18)12-7-9-14(10-8-12)17-15(19)16-13-5-3-2-4-6-13/h7-10,13H,2-6H2,1H3,(H2,16,17,19). The Morgan fingerprint density at radius 3 is 2.37 bits per heavy atom. The Balaban J connectivity index is 1.85. The van der Waals surface area contributed by atoms with E-state index < -0.39 is 0 Å². The quantitative estimate of drug-likeness (QED) is 0.655. The van der Waals surface area contributed by atoms with Crippen LogP contribution < -0.4 is 10.6 Å². The summed E-state index contributed by atoms with van der Waals surface area (Å²) in [5, 5.41) is 7.19. The zero-order valence-corrected chi connectivity index (χ0v) is 12.1. The Morgan fingerprint density at radius 1 is 1.16 bits per heavy atom. The van der Waals surface area contributed by atoms with Crippen LogP contribution in [-0.4, -0.2) is 16.9 Å². The number of hydrogen-bond acceptors (Lipinski definition) is 2. The summed E-state index contributed by atoms with van der Waals surface area (Å²) in [6.07, 6.45) is 6.31. The fourth-order valence-corrected chi connectivity index (χ4v) is 2.67. The first-order valence-corrected chi connectivity index (χ1v) is 7.24. The van der Waals surface area contributed by atoms with Gasteiger partial charge in [0.15, 0.2) is 10.9 Å². The van der Waals surface area contributed by atoms with Crippen LogP contribution in [0.5, 0.6) is 0 Å². The summed E-state index contributed by atoms with van der Waals surface area (Å²) in [7, 11) is 0. The van der Waals surface area contributed by atoms with Crippen LogP contribution in [0.2, 0.25) is 0 Å². The van der Waals surface area contributed by atoms with Crippen molar-refractivity contribution < 1.29 is 4.79 Å². The molecule has 0 bridgehead atoms. The van der Waals surface area contributed by atoms with Gasteiger partial charge in [-0.25, -0.2) is 0 Å². The van der Waals surface area contributed by atoms with Crippen molar-refractivity contribution >= 4 is 28.8 Å². The fraction of sp³-hybridized carbons (Fsp3) is 0.467. The molecule has 3 nitrogen and oxygen atoms in total. The molecule has 0 radical (unpaired) electrons. The maximum Gasteiger partial charge on any atom is 0.170 e. The van der Waals surface area contributed by atoms with E-state index in [-0.39, 0.29) is 5.78 Å². The molecule has 19 heavy (non-hydrogen) atoms. The van der Waals surface area contributed by atoms with Crippen LogP contribution in [0.3, 0.4) is 0 Å². The molecule has 1 aromatic carbocycles. The molecule has 0 aromatic heterocycles. The van der Waals surface area contributed by atoms with Gasteiger partial charge in [0.1, 0.15) is 0 Å². The number of benzene rings is 1. The Hall–Kier alpha value is -1.42. The first kappa shape index (κ1) is 14.0. The smallest absolute Gasteiger partial charge is 0.170 e. The third-order valence-electron chi connectivity index (χ3n) is 3.49. The average molecular weight is 276 g/mol. The molecule has 1 aliphatic carbocycles. The largest absolute Gasteiger partial charge is 0.360 e. The molecule has 1 saturated carbocycles. The third kappa shape index (κ3) is 4.31. The van der Waals surface area contributed by atoms with Crippen LogP contribution in [0.1, 0.15) is 49.4 Å². The monoisotopic (exact) mass is 276 g/mol. The molecule has 0 aliphatic heterocycles. The predicted octanol–water partition coefficient (Wildman–Crippen LogP) is 3.51. The van der Waals surface area contributed by atoms with Gasteiger partial charge < -0.3 is 10.6 Å². The molecule has 2 rings (SSSR count). The minimum absolute atomic E-state index is 0.0782. The van der Waals surface area contributed by atoms with E-state index >= 15 is 0 Å². The van der Waals surface area contributed by atoms with Crippen LogP contribution in [0.25, 0.3) is 0 Å². The normalized spacial score (nSPS) is 15.8. The second-order valence-electron chi connectivity index (χ2n) is 5.07. The van der Waals surface area contributed by atoms with Crippen molar-refractivity contribution in [2.24, 2.45) is 0 Å². The Kier molecular flexibility index (Phi) is 4.91. The number of hydrogen-bond donors (Lipinski definition) is 2. The van der Waals surface area contributed by atoms with Crippen molar-refractivity contribution in [1.82, 2.24) is 5.32 Å². The lowest BCUT2D eigenvalue weighted by molar-refractivity contribution is 0.101. The molecule has 0 spiro atoms. The van der Waals surface area contributed by atoms with Crippen molar-refractivity contribution in [3.63, 3.8) is 0 Å². The minimum Gasteiger partial charge on any atom is -0.360 e. The maximum atomic E-state index is 11.2. The van der Waals surface area contributed by atoms with E-state index in [0.717, 1.165) is 11.3 Å². The van der Waals surface area contributed by atoms with Gasteiger partial charge in [0.05, 0.1) is 0 Å². The number of thiocarbonyl (C=S) groups is 1. The van der Waals surface area contributed by atoms with Crippen molar-refractivity contribution in [1.29, 1.82) is 0 Å². The highest BCUT2D eigenvalue weighted by molar-refractivity contribution is 7.80. The zero-order valence-electron chi connectivity index (χ0n) is 11.2. The van der Waals surface area contributed by atoms with Gasteiger partial charge in [-0.1, -0.05) is 19.3 Å². The van der Waals surface area contributed by atoms with Crippen LogP contribution >= 0.6 is 12.2 Å². The van der Waals surface area contributed by atoms with Crippen molar-refractivity contribution in [3.05, 3.63) is 29.8 Å². The number of Topliss-reactive ketones (excluding diaryl/α,β-unsaturated/α-hetero) is 1. The highest BCUT2D eigenvalue weighted by atomic mass is 32.1. The molecule has 1 aliphatic rings. The molecular formula is C15H20N2OS. The molecule has 102 valence electrons. The van der Waals surface area contributed by atoms with Crippen molar-refractivity contribution in [2.75, 3.05) is 5.32 Å². The summed E-state index contributed by atoms with van der Waals surface area (Å²) in [6, 6.07) is 7.89. The summed E-state index contributed by atoms with van der Waals surface area (Å²) in [6.45, 7) is 1.57. The predicted molar refractivity (Wildman–Crippen MR) is 82.7 cm³/mol. The third-order valence-corrected chi connectivity index (χ3v) is 3.71. The molecule has 1 fully saturated rings. The van der Waals surface area contributed by atoms with Gasteiger partial charge in [0.2, 0.25) is 0 Å². The lowest BCUT2D eigenvalue weighted by atomic mass is 9.96. The van der Waals surface area contributed by atoms with E-state index in [1.165, 1.54) is 32.1 Å². The Bertz CT molecular complexity index is 450. The van der Waals surface area contributed by atoms with E-state index in [1.807, 2.05) is 24.3 Å². The van der Waals surface area contributed by atoms with Crippen molar-refractivity contribution in [3.8, 4) is 0 Å². The number of nitrogens with one attached hydrogen (secondary N) is 2. The van der Waals surface area contributed by atoms with Crippen LogP contribution in [0, 0.1) is 0 Å². The zero-order chi connectivity index (χ0) is 13.7. The maximum absolute atomic E-state index is 11.2. The lowest BCUT2D eigenvalue weighted by Gasteiger charge is -2.24. The highest BCUT2D eigenvalue weighted by Gasteiger charge is 2.13. The van der Waals surface area contributed by atoms with Gasteiger partial charge >= 0.3 is 0 Å². The summed E-state index contributed by atoms with van der Waals surface area (Å²) >= 11 is 5.31. The molecule has 0 unspecified atom stereocenters. The molecule has 1 aromatic rings. The molecular weight excluding hydrogens is 256 g/mol. The Labute approximate surface area is 119 Å². The van der Waals surface area contributed by atoms with Crippen LogP contribution in [-0.2, 0) is 0 Å². The molecule has 0 saturated heterocycles. The first-order valence-electron chi connectivity index (χ1n) is 6.83. The van der Waals surface area contributed by atoms with Gasteiger partial charge in [-0.3, -0.25) is 4.79 Å². The fourth-order valence-electron chi connectivity index (χ4n) is 2.39.